The molecular weight excluding hydrogens is 207 g/mol. The van der Waals surface area contributed by atoms with E-state index in [0.717, 1.165) is 17.0 Å². The Hall–Kier alpha value is -0.910. The maximum absolute atomic E-state index is 12.3. The molecule has 0 saturated carbocycles. The molecule has 1 aromatic heterocycles. The van der Waals surface area contributed by atoms with Crippen LogP contribution in [0.3, 0.4) is 0 Å². The Balaban J connectivity index is 2.87. The highest BCUT2D eigenvalue weighted by atomic mass is 32.3. The fourth-order valence-corrected chi connectivity index (χ4v) is 1.85. The predicted octanol–water partition coefficient (Wildman–Crippen LogP) is 0.879. The molecule has 0 aliphatic carbocycles. The summed E-state index contributed by atoms with van der Waals surface area (Å²) < 4.78 is 34.6. The maximum Gasteiger partial charge on any atom is 0.302 e. The Morgan fingerprint density at radius 3 is 2.36 bits per heavy atom. The van der Waals surface area contributed by atoms with Gasteiger partial charge < -0.3 is 0 Å². The van der Waals surface area contributed by atoms with E-state index in [1.807, 2.05) is 6.92 Å². The molecule has 80 valence electrons. The van der Waals surface area contributed by atoms with Crippen molar-refractivity contribution in [3.05, 3.63) is 17.0 Å². The summed E-state index contributed by atoms with van der Waals surface area (Å²) in [5, 5.41) is 4.11. The van der Waals surface area contributed by atoms with E-state index >= 15 is 0 Å². The SMILES string of the molecule is Cc1nn(C)c(C)c1CCS(=O)(=O)F. The van der Waals surface area contributed by atoms with Crippen LogP contribution in [0.5, 0.6) is 0 Å². The van der Waals surface area contributed by atoms with Crippen molar-refractivity contribution >= 4 is 10.2 Å². The van der Waals surface area contributed by atoms with Gasteiger partial charge >= 0.3 is 10.2 Å². The molecule has 14 heavy (non-hydrogen) atoms. The number of hydrogen-bond acceptors (Lipinski definition) is 3. The molecule has 0 amide bonds. The molecule has 0 N–H and O–H groups in total. The van der Waals surface area contributed by atoms with Gasteiger partial charge in [-0.15, -0.1) is 3.89 Å². The fourth-order valence-electron chi connectivity index (χ4n) is 1.40. The van der Waals surface area contributed by atoms with Crippen molar-refractivity contribution in [1.29, 1.82) is 0 Å². The van der Waals surface area contributed by atoms with Crippen molar-refractivity contribution < 1.29 is 12.3 Å². The van der Waals surface area contributed by atoms with Gasteiger partial charge in [0.2, 0.25) is 0 Å². The minimum absolute atomic E-state index is 0.185. The molecule has 0 spiro atoms. The molecule has 0 fully saturated rings. The summed E-state index contributed by atoms with van der Waals surface area (Å²) in [5.41, 5.74) is 2.45. The van der Waals surface area contributed by atoms with E-state index in [0.29, 0.717) is 0 Å². The highest BCUT2D eigenvalue weighted by molar-refractivity contribution is 7.86. The van der Waals surface area contributed by atoms with Gasteiger partial charge in [-0.3, -0.25) is 4.68 Å². The van der Waals surface area contributed by atoms with Crippen LogP contribution in [-0.2, 0) is 23.7 Å². The van der Waals surface area contributed by atoms with Crippen LogP contribution in [0.15, 0.2) is 0 Å². The summed E-state index contributed by atoms with van der Waals surface area (Å²) in [7, 11) is -2.61. The first-order chi connectivity index (χ1) is 6.31. The maximum atomic E-state index is 12.3. The van der Waals surface area contributed by atoms with Crippen molar-refractivity contribution in [2.45, 2.75) is 20.3 Å². The van der Waals surface area contributed by atoms with Gasteiger partial charge in [-0.1, -0.05) is 0 Å². The second-order valence-corrected chi connectivity index (χ2v) is 4.75. The van der Waals surface area contributed by atoms with Crippen molar-refractivity contribution in [3.8, 4) is 0 Å². The van der Waals surface area contributed by atoms with Crippen molar-refractivity contribution in [1.82, 2.24) is 9.78 Å². The van der Waals surface area contributed by atoms with E-state index in [9.17, 15) is 12.3 Å². The van der Waals surface area contributed by atoms with E-state index < -0.39 is 16.0 Å². The molecule has 1 heterocycles. The van der Waals surface area contributed by atoms with E-state index in [1.165, 1.54) is 0 Å². The van der Waals surface area contributed by atoms with E-state index in [1.54, 1.807) is 18.7 Å². The number of halogens is 1. The first-order valence-electron chi connectivity index (χ1n) is 4.22. The largest absolute Gasteiger partial charge is 0.302 e. The molecular formula is C8H13FN2O2S. The molecule has 1 rings (SSSR count). The third kappa shape index (κ3) is 2.54. The van der Waals surface area contributed by atoms with Crippen LogP contribution in [0.1, 0.15) is 17.0 Å². The third-order valence-corrected chi connectivity index (χ3v) is 2.95. The minimum Gasteiger partial charge on any atom is -0.272 e. The third-order valence-electron chi connectivity index (χ3n) is 2.25. The van der Waals surface area contributed by atoms with E-state index in [2.05, 4.69) is 5.10 Å². The molecule has 1 aromatic rings. The van der Waals surface area contributed by atoms with Crippen LogP contribution in [0.4, 0.5) is 3.89 Å². The minimum atomic E-state index is -4.38. The Labute approximate surface area is 82.9 Å². The number of rotatable bonds is 3. The zero-order valence-electron chi connectivity index (χ0n) is 8.41. The summed E-state index contributed by atoms with van der Waals surface area (Å²) >= 11 is 0. The van der Waals surface area contributed by atoms with E-state index in [4.69, 9.17) is 0 Å². The molecule has 0 atom stereocenters. The van der Waals surface area contributed by atoms with Gasteiger partial charge in [-0.25, -0.2) is 0 Å². The van der Waals surface area contributed by atoms with Gasteiger partial charge in [0.15, 0.2) is 0 Å². The first kappa shape index (κ1) is 11.2. The zero-order valence-corrected chi connectivity index (χ0v) is 9.23. The average molecular weight is 220 g/mol. The predicted molar refractivity (Wildman–Crippen MR) is 51.3 cm³/mol. The summed E-state index contributed by atoms with van der Waals surface area (Å²) in [5.74, 6) is -0.472. The molecule has 4 nitrogen and oxygen atoms in total. The molecule has 6 heteroatoms. The average Bonchev–Trinajstić information content (AvgIpc) is 2.23. The lowest BCUT2D eigenvalue weighted by atomic mass is 10.1. The summed E-state index contributed by atoms with van der Waals surface area (Å²) in [6.45, 7) is 3.62. The number of aryl methyl sites for hydroxylation is 2. The van der Waals surface area contributed by atoms with Gasteiger partial charge in [0.05, 0.1) is 11.4 Å². The van der Waals surface area contributed by atoms with Crippen LogP contribution in [0.2, 0.25) is 0 Å². The second-order valence-electron chi connectivity index (χ2n) is 3.27. The van der Waals surface area contributed by atoms with Gasteiger partial charge in [0.25, 0.3) is 0 Å². The van der Waals surface area contributed by atoms with E-state index in [-0.39, 0.29) is 6.42 Å². The molecule has 0 unspecified atom stereocenters. The number of aromatic nitrogens is 2. The van der Waals surface area contributed by atoms with Crippen LogP contribution in [0.25, 0.3) is 0 Å². The monoisotopic (exact) mass is 220 g/mol. The zero-order chi connectivity index (χ0) is 10.9. The van der Waals surface area contributed by atoms with Gasteiger partial charge in [-0.05, 0) is 25.8 Å². The molecule has 0 aromatic carbocycles. The van der Waals surface area contributed by atoms with Crippen LogP contribution in [0, 0.1) is 13.8 Å². The molecule has 0 radical (unpaired) electrons. The normalized spacial score (nSPS) is 12.0. The van der Waals surface area contributed by atoms with Crippen LogP contribution in [-0.4, -0.2) is 24.0 Å². The molecule has 0 saturated heterocycles. The quantitative estimate of drug-likeness (QED) is 0.710. The summed E-state index contributed by atoms with van der Waals surface area (Å²) in [6.07, 6.45) is 0.185. The lowest BCUT2D eigenvalue weighted by molar-refractivity contribution is 0.551. The Morgan fingerprint density at radius 2 is 2.00 bits per heavy atom. The van der Waals surface area contributed by atoms with Gasteiger partial charge in [0, 0.05) is 12.7 Å². The fraction of sp³-hybridized carbons (Fsp3) is 0.625. The Morgan fingerprint density at radius 1 is 1.43 bits per heavy atom. The topological polar surface area (TPSA) is 52.0 Å². The van der Waals surface area contributed by atoms with Crippen LogP contribution < -0.4 is 0 Å². The highest BCUT2D eigenvalue weighted by Gasteiger charge is 2.13. The lowest BCUT2D eigenvalue weighted by Gasteiger charge is -1.98. The summed E-state index contributed by atoms with van der Waals surface area (Å²) in [4.78, 5) is 0. The number of nitrogens with zero attached hydrogens (tertiary/aromatic N) is 2. The van der Waals surface area contributed by atoms with Crippen molar-refractivity contribution in [2.75, 3.05) is 5.75 Å². The number of hydrogen-bond donors (Lipinski definition) is 0. The lowest BCUT2D eigenvalue weighted by Crippen LogP contribution is -2.04. The van der Waals surface area contributed by atoms with Gasteiger partial charge in [-0.2, -0.15) is 13.5 Å². The molecule has 0 bridgehead atoms. The Kier molecular flexibility index (Phi) is 2.94. The van der Waals surface area contributed by atoms with Crippen molar-refractivity contribution in [3.63, 3.8) is 0 Å². The smallest absolute Gasteiger partial charge is 0.272 e. The molecule has 0 aliphatic heterocycles. The Bertz CT molecular complexity index is 436. The summed E-state index contributed by atoms with van der Waals surface area (Å²) in [6, 6.07) is 0. The van der Waals surface area contributed by atoms with Crippen LogP contribution >= 0.6 is 0 Å². The van der Waals surface area contributed by atoms with Gasteiger partial charge in [0.1, 0.15) is 0 Å². The first-order valence-corrected chi connectivity index (χ1v) is 5.78. The standard InChI is InChI=1S/C8H13FN2O2S/c1-6-8(4-5-14(9,12)13)7(2)11(3)10-6/h4-5H2,1-3H3. The van der Waals surface area contributed by atoms with Crippen molar-refractivity contribution in [2.24, 2.45) is 7.05 Å². The second kappa shape index (κ2) is 3.68. The molecule has 0 aliphatic rings. The highest BCUT2D eigenvalue weighted by Crippen LogP contribution is 2.13.